The first kappa shape index (κ1) is 14.3. The van der Waals surface area contributed by atoms with Gasteiger partial charge in [0.25, 0.3) is 0 Å². The number of para-hydroxylation sites is 1. The molecule has 1 saturated carbocycles. The van der Waals surface area contributed by atoms with Crippen LogP contribution in [0.5, 0.6) is 0 Å². The highest BCUT2D eigenvalue weighted by Gasteiger charge is 2.26. The first-order chi connectivity index (χ1) is 9.00. The first-order valence-corrected chi connectivity index (χ1v) is 7.27. The second-order valence-electron chi connectivity index (χ2n) is 6.00. The van der Waals surface area contributed by atoms with Gasteiger partial charge in [-0.1, -0.05) is 31.9 Å². The summed E-state index contributed by atoms with van der Waals surface area (Å²) >= 11 is 0. The summed E-state index contributed by atoms with van der Waals surface area (Å²) in [6.07, 6.45) is 4.82. The number of rotatable bonds is 3. The summed E-state index contributed by atoms with van der Waals surface area (Å²) in [6, 6.07) is 5.50. The van der Waals surface area contributed by atoms with Gasteiger partial charge in [-0.3, -0.25) is 0 Å². The lowest BCUT2D eigenvalue weighted by atomic mass is 9.86. The molecule has 0 spiro atoms. The third-order valence-corrected chi connectivity index (χ3v) is 4.32. The second kappa shape index (κ2) is 5.91. The largest absolute Gasteiger partial charge is 0.369 e. The van der Waals surface area contributed by atoms with Gasteiger partial charge in [-0.05, 0) is 37.3 Å². The van der Waals surface area contributed by atoms with E-state index in [9.17, 15) is 4.39 Å². The van der Waals surface area contributed by atoms with Gasteiger partial charge in [0, 0.05) is 19.1 Å². The number of anilines is 1. The Labute approximate surface area is 115 Å². The summed E-state index contributed by atoms with van der Waals surface area (Å²) in [6.45, 7) is 4.20. The molecule has 2 nitrogen and oxygen atoms in total. The first-order valence-electron chi connectivity index (χ1n) is 7.27. The number of nitrogens with two attached hydrogens (primary N) is 1. The second-order valence-corrected chi connectivity index (χ2v) is 6.00. The van der Waals surface area contributed by atoms with Crippen molar-refractivity contribution in [1.29, 1.82) is 0 Å². The molecule has 1 aromatic carbocycles. The maximum Gasteiger partial charge on any atom is 0.146 e. The third kappa shape index (κ3) is 3.08. The van der Waals surface area contributed by atoms with E-state index < -0.39 is 0 Å². The molecule has 1 aromatic rings. The normalized spacial score (nSPS) is 25.1. The molecule has 106 valence electrons. The Morgan fingerprint density at radius 1 is 1.37 bits per heavy atom. The SMILES string of the molecule is CC1CCCC(N(C)c2c(F)cccc2C(C)N)C1. The van der Waals surface area contributed by atoms with Crippen molar-refractivity contribution in [3.05, 3.63) is 29.6 Å². The summed E-state index contributed by atoms with van der Waals surface area (Å²) < 4.78 is 14.2. The zero-order chi connectivity index (χ0) is 14.0. The van der Waals surface area contributed by atoms with Crippen LogP contribution < -0.4 is 10.6 Å². The van der Waals surface area contributed by atoms with Crippen molar-refractivity contribution >= 4 is 5.69 Å². The minimum atomic E-state index is -0.157. The van der Waals surface area contributed by atoms with Crippen LogP contribution in [0.15, 0.2) is 18.2 Å². The van der Waals surface area contributed by atoms with Gasteiger partial charge in [-0.2, -0.15) is 0 Å². The molecule has 0 amide bonds. The molecule has 0 aromatic heterocycles. The minimum Gasteiger partial charge on any atom is -0.369 e. The van der Waals surface area contributed by atoms with Gasteiger partial charge in [0.15, 0.2) is 0 Å². The molecule has 3 unspecified atom stereocenters. The zero-order valence-electron chi connectivity index (χ0n) is 12.2. The van der Waals surface area contributed by atoms with Crippen LogP contribution in [0.4, 0.5) is 10.1 Å². The molecule has 1 fully saturated rings. The molecule has 19 heavy (non-hydrogen) atoms. The molecule has 2 N–H and O–H groups in total. The minimum absolute atomic E-state index is 0.144. The Kier molecular flexibility index (Phi) is 4.46. The zero-order valence-corrected chi connectivity index (χ0v) is 12.2. The molecule has 1 aliphatic carbocycles. The summed E-state index contributed by atoms with van der Waals surface area (Å²) in [5.41, 5.74) is 7.58. The van der Waals surface area contributed by atoms with E-state index >= 15 is 0 Å². The quantitative estimate of drug-likeness (QED) is 0.898. The van der Waals surface area contributed by atoms with E-state index in [-0.39, 0.29) is 11.9 Å². The molecule has 0 saturated heterocycles. The van der Waals surface area contributed by atoms with Crippen LogP contribution in [0.3, 0.4) is 0 Å². The predicted octanol–water partition coefficient (Wildman–Crippen LogP) is 3.86. The Morgan fingerprint density at radius 3 is 2.74 bits per heavy atom. The fourth-order valence-corrected chi connectivity index (χ4v) is 3.21. The van der Waals surface area contributed by atoms with E-state index in [1.807, 2.05) is 20.0 Å². The van der Waals surface area contributed by atoms with E-state index in [1.165, 1.54) is 18.9 Å². The molecule has 0 radical (unpaired) electrons. The van der Waals surface area contributed by atoms with Crippen molar-refractivity contribution in [1.82, 2.24) is 0 Å². The molecule has 2 rings (SSSR count). The fourth-order valence-electron chi connectivity index (χ4n) is 3.21. The van der Waals surface area contributed by atoms with Gasteiger partial charge in [0.1, 0.15) is 5.82 Å². The molecule has 3 atom stereocenters. The van der Waals surface area contributed by atoms with Crippen LogP contribution in [0.1, 0.15) is 51.1 Å². The van der Waals surface area contributed by atoms with Crippen LogP contribution in [-0.4, -0.2) is 13.1 Å². The molecule has 0 bridgehead atoms. The molecule has 0 aliphatic heterocycles. The number of halogens is 1. The highest BCUT2D eigenvalue weighted by Crippen LogP contribution is 2.34. The van der Waals surface area contributed by atoms with Gasteiger partial charge in [-0.25, -0.2) is 4.39 Å². The molecule has 0 heterocycles. The Hall–Kier alpha value is -1.09. The lowest BCUT2D eigenvalue weighted by molar-refractivity contribution is 0.335. The van der Waals surface area contributed by atoms with E-state index in [2.05, 4.69) is 11.8 Å². The number of hydrogen-bond donors (Lipinski definition) is 1. The van der Waals surface area contributed by atoms with Gasteiger partial charge in [0.05, 0.1) is 5.69 Å². The molecular formula is C16H25FN2. The van der Waals surface area contributed by atoms with Crippen LogP contribution in [0, 0.1) is 11.7 Å². The highest BCUT2D eigenvalue weighted by atomic mass is 19.1. The Balaban J connectivity index is 2.29. The molecule has 1 aliphatic rings. The van der Waals surface area contributed by atoms with Crippen molar-refractivity contribution < 1.29 is 4.39 Å². The van der Waals surface area contributed by atoms with Crippen LogP contribution in [0.25, 0.3) is 0 Å². The molecule has 3 heteroatoms. The molecular weight excluding hydrogens is 239 g/mol. The maximum absolute atomic E-state index is 14.2. The lowest BCUT2D eigenvalue weighted by Crippen LogP contribution is -2.37. The summed E-state index contributed by atoms with van der Waals surface area (Å²) in [7, 11) is 2.01. The van der Waals surface area contributed by atoms with E-state index in [1.54, 1.807) is 6.07 Å². The third-order valence-electron chi connectivity index (χ3n) is 4.32. The fraction of sp³-hybridized carbons (Fsp3) is 0.625. The van der Waals surface area contributed by atoms with Gasteiger partial charge in [-0.15, -0.1) is 0 Å². The van der Waals surface area contributed by atoms with E-state index in [0.717, 1.165) is 24.3 Å². The maximum atomic E-state index is 14.2. The summed E-state index contributed by atoms with van der Waals surface area (Å²) in [5, 5.41) is 0. The average molecular weight is 264 g/mol. The highest BCUT2D eigenvalue weighted by molar-refractivity contribution is 5.56. The van der Waals surface area contributed by atoms with Crippen molar-refractivity contribution in [3.63, 3.8) is 0 Å². The number of benzene rings is 1. The van der Waals surface area contributed by atoms with Crippen molar-refractivity contribution in [2.45, 2.75) is 51.6 Å². The van der Waals surface area contributed by atoms with Gasteiger partial charge in [0.2, 0.25) is 0 Å². The average Bonchev–Trinajstić information content (AvgIpc) is 2.37. The number of nitrogens with zero attached hydrogens (tertiary/aromatic N) is 1. The van der Waals surface area contributed by atoms with Crippen molar-refractivity contribution in [3.8, 4) is 0 Å². The van der Waals surface area contributed by atoms with Gasteiger partial charge < -0.3 is 10.6 Å². The Morgan fingerprint density at radius 2 is 2.11 bits per heavy atom. The topological polar surface area (TPSA) is 29.3 Å². The van der Waals surface area contributed by atoms with E-state index in [0.29, 0.717) is 11.7 Å². The predicted molar refractivity (Wildman–Crippen MR) is 78.8 cm³/mol. The van der Waals surface area contributed by atoms with Crippen LogP contribution in [-0.2, 0) is 0 Å². The van der Waals surface area contributed by atoms with E-state index in [4.69, 9.17) is 5.73 Å². The van der Waals surface area contributed by atoms with Gasteiger partial charge >= 0.3 is 0 Å². The summed E-state index contributed by atoms with van der Waals surface area (Å²) in [5.74, 6) is 0.572. The lowest BCUT2D eigenvalue weighted by Gasteiger charge is -2.37. The van der Waals surface area contributed by atoms with Crippen molar-refractivity contribution in [2.75, 3.05) is 11.9 Å². The smallest absolute Gasteiger partial charge is 0.146 e. The monoisotopic (exact) mass is 264 g/mol. The van der Waals surface area contributed by atoms with Crippen molar-refractivity contribution in [2.24, 2.45) is 11.7 Å². The van der Waals surface area contributed by atoms with Crippen LogP contribution >= 0.6 is 0 Å². The number of hydrogen-bond acceptors (Lipinski definition) is 2. The Bertz CT molecular complexity index is 431. The van der Waals surface area contributed by atoms with Crippen LogP contribution in [0.2, 0.25) is 0 Å². The standard InChI is InChI=1S/C16H25FN2/c1-11-6-4-7-13(10-11)19(3)16-14(12(2)18)8-5-9-15(16)17/h5,8-9,11-13H,4,6-7,10,18H2,1-3H3. The summed E-state index contributed by atoms with van der Waals surface area (Å²) in [4.78, 5) is 2.11.